The number of amides is 2. The van der Waals surface area contributed by atoms with E-state index in [1.54, 1.807) is 38.4 Å². The fourth-order valence-electron chi connectivity index (χ4n) is 6.03. The van der Waals surface area contributed by atoms with Crippen molar-refractivity contribution >= 4 is 23.4 Å². The van der Waals surface area contributed by atoms with E-state index >= 15 is 0 Å². The minimum Gasteiger partial charge on any atom is -0.497 e. The molecule has 1 heterocycles. The second-order valence-electron chi connectivity index (χ2n) is 11.0. The summed E-state index contributed by atoms with van der Waals surface area (Å²) in [5.74, 6) is -1.90. The normalized spacial score (nSPS) is 19.1. The number of benzene rings is 2. The van der Waals surface area contributed by atoms with Crippen molar-refractivity contribution in [3.63, 3.8) is 0 Å². The molecule has 2 unspecified atom stereocenters. The molecule has 1 aliphatic carbocycles. The van der Waals surface area contributed by atoms with Gasteiger partial charge in [0.25, 0.3) is 5.91 Å². The molecule has 2 aliphatic rings. The first-order valence-electron chi connectivity index (χ1n) is 13.6. The van der Waals surface area contributed by atoms with Crippen LogP contribution in [-0.4, -0.2) is 68.7 Å². The largest absolute Gasteiger partial charge is 0.497 e. The number of methoxy groups -OCH3 is 1. The number of rotatable bonds is 9. The number of carbonyl (C=O) groups excluding carboxylic acids is 2. The molecule has 1 aliphatic heterocycles. The molecule has 4 rings (SSSR count). The van der Waals surface area contributed by atoms with Gasteiger partial charge in [0.1, 0.15) is 11.5 Å². The van der Waals surface area contributed by atoms with Gasteiger partial charge in [-0.15, -0.1) is 0 Å². The summed E-state index contributed by atoms with van der Waals surface area (Å²) in [4.78, 5) is 28.1. The summed E-state index contributed by atoms with van der Waals surface area (Å²) < 4.78 is 53.0. The molecule has 6 nitrogen and oxygen atoms in total. The average Bonchev–Trinajstić information content (AvgIpc) is 2.91. The number of hydrogen-bond donors (Lipinski definition) is 0. The van der Waals surface area contributed by atoms with Gasteiger partial charge in [-0.3, -0.25) is 9.59 Å². The fraction of sp³-hybridized carbons (Fsp3) is 0.533. The number of carbonyl (C=O) groups is 2. The lowest BCUT2D eigenvalue weighted by Crippen LogP contribution is -2.52. The van der Waals surface area contributed by atoms with Gasteiger partial charge in [0.15, 0.2) is 5.92 Å². The van der Waals surface area contributed by atoms with Crippen LogP contribution in [0.25, 0.3) is 0 Å². The summed E-state index contributed by atoms with van der Waals surface area (Å²) >= 11 is 6.26. The molecule has 218 valence electrons. The van der Waals surface area contributed by atoms with Crippen molar-refractivity contribution in [3.05, 3.63) is 58.6 Å². The predicted octanol–water partition coefficient (Wildman–Crippen LogP) is 6.57. The van der Waals surface area contributed by atoms with Crippen LogP contribution in [0.5, 0.6) is 11.5 Å². The third-order valence-electron chi connectivity index (χ3n) is 8.47. The summed E-state index contributed by atoms with van der Waals surface area (Å²) in [5, 5.41) is 0.342. The molecule has 2 atom stereocenters. The molecule has 0 radical (unpaired) electrons. The van der Waals surface area contributed by atoms with E-state index in [4.69, 9.17) is 21.1 Å². The Kier molecular flexibility index (Phi) is 9.22. The number of halogens is 4. The number of likely N-dealkylation sites (tertiary alicyclic amines) is 1. The summed E-state index contributed by atoms with van der Waals surface area (Å²) in [7, 11) is 4.72. The topological polar surface area (TPSA) is 59.1 Å². The van der Waals surface area contributed by atoms with Gasteiger partial charge in [-0.05, 0) is 85.8 Å². The second-order valence-corrected chi connectivity index (χ2v) is 11.4. The summed E-state index contributed by atoms with van der Waals surface area (Å²) in [5.41, 5.74) is 0.405. The Balaban J connectivity index is 1.28. The molecule has 2 aromatic carbocycles. The minimum atomic E-state index is -4.69. The van der Waals surface area contributed by atoms with Gasteiger partial charge in [-0.2, -0.15) is 13.2 Å². The van der Waals surface area contributed by atoms with E-state index in [0.29, 0.717) is 54.8 Å². The summed E-state index contributed by atoms with van der Waals surface area (Å²) in [6.07, 6.45) is 0.634. The van der Waals surface area contributed by atoms with E-state index in [9.17, 15) is 22.8 Å². The lowest BCUT2D eigenvalue weighted by molar-refractivity contribution is -0.174. The molecule has 0 bridgehead atoms. The molecule has 1 saturated heterocycles. The highest BCUT2D eigenvalue weighted by atomic mass is 35.5. The van der Waals surface area contributed by atoms with Crippen LogP contribution in [0.15, 0.2) is 42.5 Å². The van der Waals surface area contributed by atoms with Crippen LogP contribution in [-0.2, 0) is 4.79 Å². The van der Waals surface area contributed by atoms with Gasteiger partial charge in [-0.25, -0.2) is 0 Å². The highest BCUT2D eigenvalue weighted by molar-refractivity contribution is 6.34. The van der Waals surface area contributed by atoms with E-state index in [2.05, 4.69) is 0 Å². The Morgan fingerprint density at radius 1 is 1.10 bits per heavy atom. The zero-order valence-electron chi connectivity index (χ0n) is 23.1. The standard InChI is InChI=1S/C30H36ClF3N2O4/c1-35(2)27(37)24-10-9-23(19-25(24)31)40-17-5-7-21-11-12-29(21)13-15-36(16-14-29)28(38)26(30(32,33)34)20-6-4-8-22(18-20)39-3/h4,6,8-10,18-19,21,26H,5,7,11-17H2,1-3H3. The van der Waals surface area contributed by atoms with Crippen LogP contribution in [0.2, 0.25) is 5.02 Å². The zero-order valence-corrected chi connectivity index (χ0v) is 23.9. The van der Waals surface area contributed by atoms with Gasteiger partial charge in [0.05, 0.1) is 24.3 Å². The fourth-order valence-corrected chi connectivity index (χ4v) is 6.28. The average molecular weight is 581 g/mol. The van der Waals surface area contributed by atoms with Gasteiger partial charge < -0.3 is 19.3 Å². The van der Waals surface area contributed by atoms with Crippen LogP contribution >= 0.6 is 11.6 Å². The molecular weight excluding hydrogens is 545 g/mol. The van der Waals surface area contributed by atoms with E-state index in [1.165, 1.54) is 35.1 Å². The summed E-state index contributed by atoms with van der Waals surface area (Å²) in [6, 6.07) is 10.7. The van der Waals surface area contributed by atoms with Crippen molar-refractivity contribution in [2.24, 2.45) is 11.3 Å². The maximum absolute atomic E-state index is 14.0. The van der Waals surface area contributed by atoms with Gasteiger partial charge >= 0.3 is 6.18 Å². The smallest absolute Gasteiger partial charge is 0.404 e. The third-order valence-corrected chi connectivity index (χ3v) is 8.78. The molecule has 0 aromatic heterocycles. The molecule has 2 aromatic rings. The highest BCUT2D eigenvalue weighted by Gasteiger charge is 2.51. The Hall–Kier alpha value is -2.94. The minimum absolute atomic E-state index is 0.0813. The molecule has 1 spiro atoms. The van der Waals surface area contributed by atoms with Crippen LogP contribution in [0.3, 0.4) is 0 Å². The first-order chi connectivity index (χ1) is 18.9. The molecular formula is C30H36ClF3N2O4. The van der Waals surface area contributed by atoms with Crippen molar-refractivity contribution in [2.45, 2.75) is 50.6 Å². The van der Waals surface area contributed by atoms with Gasteiger partial charge in [0, 0.05) is 27.2 Å². The van der Waals surface area contributed by atoms with Crippen molar-refractivity contribution in [2.75, 3.05) is 40.9 Å². The number of nitrogens with zero attached hydrogens (tertiary/aromatic N) is 2. The van der Waals surface area contributed by atoms with Crippen molar-refractivity contribution < 1.29 is 32.2 Å². The number of ether oxygens (including phenoxy) is 2. The van der Waals surface area contributed by atoms with E-state index in [0.717, 1.165) is 25.7 Å². The Morgan fingerprint density at radius 3 is 2.40 bits per heavy atom. The van der Waals surface area contributed by atoms with Crippen molar-refractivity contribution in [1.29, 1.82) is 0 Å². The maximum Gasteiger partial charge on any atom is 0.404 e. The molecule has 0 N–H and O–H groups in total. The van der Waals surface area contributed by atoms with Crippen LogP contribution in [0, 0.1) is 11.3 Å². The number of piperidine rings is 1. The molecule has 40 heavy (non-hydrogen) atoms. The molecule has 1 saturated carbocycles. The van der Waals surface area contributed by atoms with Crippen molar-refractivity contribution in [1.82, 2.24) is 9.80 Å². The van der Waals surface area contributed by atoms with E-state index < -0.39 is 18.0 Å². The van der Waals surface area contributed by atoms with Crippen LogP contribution in [0.1, 0.15) is 60.4 Å². The predicted molar refractivity (Wildman–Crippen MR) is 147 cm³/mol. The van der Waals surface area contributed by atoms with Crippen LogP contribution in [0.4, 0.5) is 13.2 Å². The Bertz CT molecular complexity index is 1210. The second kappa shape index (κ2) is 12.3. The van der Waals surface area contributed by atoms with Crippen molar-refractivity contribution in [3.8, 4) is 11.5 Å². The first-order valence-corrected chi connectivity index (χ1v) is 14.0. The molecule has 10 heteroatoms. The van der Waals surface area contributed by atoms with E-state index in [1.807, 2.05) is 0 Å². The Morgan fingerprint density at radius 2 is 1.82 bits per heavy atom. The van der Waals surface area contributed by atoms with Gasteiger partial charge in [0.2, 0.25) is 5.91 Å². The molecule has 2 fully saturated rings. The lowest BCUT2D eigenvalue weighted by atomic mass is 9.54. The summed E-state index contributed by atoms with van der Waals surface area (Å²) in [6.45, 7) is 1.17. The zero-order chi connectivity index (χ0) is 29.1. The first kappa shape index (κ1) is 30.0. The monoisotopic (exact) mass is 580 g/mol. The highest BCUT2D eigenvalue weighted by Crippen LogP contribution is 2.55. The third kappa shape index (κ3) is 6.51. The maximum atomic E-state index is 14.0. The quantitative estimate of drug-likeness (QED) is 0.315. The SMILES string of the molecule is COc1cccc(C(C(=O)N2CCC3(CCC3CCCOc3ccc(C(=O)N(C)C)c(Cl)c3)CC2)C(F)(F)F)c1. The molecule has 2 amide bonds. The number of alkyl halides is 3. The van der Waals surface area contributed by atoms with Crippen LogP contribution < -0.4 is 9.47 Å². The Labute approximate surface area is 238 Å². The lowest BCUT2D eigenvalue weighted by Gasteiger charge is -2.54. The number of hydrogen-bond acceptors (Lipinski definition) is 4. The van der Waals surface area contributed by atoms with E-state index in [-0.39, 0.29) is 22.6 Å². The van der Waals surface area contributed by atoms with Gasteiger partial charge in [-0.1, -0.05) is 23.7 Å².